The predicted octanol–water partition coefficient (Wildman–Crippen LogP) is 4.35. The lowest BCUT2D eigenvalue weighted by Crippen LogP contribution is -2.43. The van der Waals surface area contributed by atoms with Crippen molar-refractivity contribution in [3.8, 4) is 0 Å². The van der Waals surface area contributed by atoms with E-state index in [-0.39, 0.29) is 18.5 Å². The minimum Gasteiger partial charge on any atom is -0.479 e. The van der Waals surface area contributed by atoms with Crippen molar-refractivity contribution in [2.75, 3.05) is 11.7 Å². The van der Waals surface area contributed by atoms with Gasteiger partial charge in [0.25, 0.3) is 0 Å². The van der Waals surface area contributed by atoms with Crippen LogP contribution in [0.3, 0.4) is 0 Å². The average molecular weight is 355 g/mol. The fourth-order valence-corrected chi connectivity index (χ4v) is 5.82. The van der Waals surface area contributed by atoms with Gasteiger partial charge in [-0.3, -0.25) is 0 Å². The van der Waals surface area contributed by atoms with Gasteiger partial charge in [0.05, 0.1) is 0 Å². The van der Waals surface area contributed by atoms with Gasteiger partial charge >= 0.3 is 13.8 Å². The van der Waals surface area contributed by atoms with Gasteiger partial charge in [-0.15, -0.1) is 0 Å². The summed E-state index contributed by atoms with van der Waals surface area (Å²) >= 11 is 1.44. The zero-order valence-electron chi connectivity index (χ0n) is 13.2. The molecule has 0 aliphatic heterocycles. The molecule has 0 spiro atoms. The van der Waals surface area contributed by atoms with Crippen LogP contribution < -0.4 is 0 Å². The maximum atomic E-state index is 12.3. The zero-order valence-corrected chi connectivity index (χ0v) is 14.9. The molecule has 0 heterocycles. The van der Waals surface area contributed by atoms with Gasteiger partial charge in [0.15, 0.2) is 11.7 Å². The molecule has 0 amide bonds. The summed E-state index contributed by atoms with van der Waals surface area (Å²) in [6.45, 7) is 0. The van der Waals surface area contributed by atoms with E-state index in [0.29, 0.717) is 5.49 Å². The Morgan fingerprint density at radius 1 is 1.22 bits per heavy atom. The Hall–Kier alpha value is -0.900. The van der Waals surface area contributed by atoms with E-state index in [1.165, 1.54) is 18.2 Å². The lowest BCUT2D eigenvalue weighted by Gasteiger charge is -2.27. The number of rotatable bonds is 8. The largest absolute Gasteiger partial charge is 0.479 e. The average Bonchev–Trinajstić information content (AvgIpc) is 2.54. The van der Waals surface area contributed by atoms with Crippen LogP contribution in [0.5, 0.6) is 0 Å². The third-order valence-electron chi connectivity index (χ3n) is 4.31. The summed E-state index contributed by atoms with van der Waals surface area (Å²) in [6, 6.07) is 9.59. The van der Waals surface area contributed by atoms with Crippen molar-refractivity contribution in [3.05, 3.63) is 30.3 Å². The third-order valence-corrected chi connectivity index (χ3v) is 7.46. The summed E-state index contributed by atoms with van der Waals surface area (Å²) in [6.07, 6.45) is 5.36. The molecule has 0 radical (unpaired) electrons. The molecule has 0 aromatic heterocycles. The van der Waals surface area contributed by atoms with Crippen LogP contribution >= 0.6 is 19.6 Å². The summed E-state index contributed by atoms with van der Waals surface area (Å²) in [4.78, 5) is 12.5. The van der Waals surface area contributed by atoms with Crippen LogP contribution in [0.2, 0.25) is 0 Å². The first kappa shape index (κ1) is 18.4. The smallest absolute Gasteiger partial charge is 0.353 e. The molecule has 2 N–H and O–H groups in total. The van der Waals surface area contributed by atoms with Crippen molar-refractivity contribution in [3.63, 3.8) is 0 Å². The molecular formula is C17H24O4PS+. The van der Waals surface area contributed by atoms with Crippen LogP contribution in [0.1, 0.15) is 38.5 Å². The normalized spacial score (nSPS) is 19.1. The predicted molar refractivity (Wildman–Crippen MR) is 93.4 cm³/mol. The first-order valence-corrected chi connectivity index (χ1v) is 10.7. The number of aliphatic carboxylic acids is 1. The molecule has 6 heteroatoms. The Balaban J connectivity index is 1.89. The highest BCUT2D eigenvalue weighted by molar-refractivity contribution is 8.03. The molecule has 23 heavy (non-hydrogen) atoms. The topological polar surface area (TPSA) is 74.6 Å². The second-order valence-electron chi connectivity index (χ2n) is 6.27. The second-order valence-corrected chi connectivity index (χ2v) is 9.34. The Morgan fingerprint density at radius 2 is 1.87 bits per heavy atom. The fraction of sp³-hybridized carbons (Fsp3) is 0.588. The van der Waals surface area contributed by atoms with Gasteiger partial charge in [-0.2, -0.15) is 0 Å². The number of thioether (sulfide) groups is 1. The van der Waals surface area contributed by atoms with Crippen LogP contribution in [0.25, 0.3) is 0 Å². The van der Waals surface area contributed by atoms with E-state index in [9.17, 15) is 19.6 Å². The van der Waals surface area contributed by atoms with Crippen molar-refractivity contribution in [1.29, 1.82) is 0 Å². The number of hydrogen-bond donors (Lipinski definition) is 2. The maximum Gasteiger partial charge on any atom is 0.353 e. The van der Waals surface area contributed by atoms with Crippen molar-refractivity contribution in [1.82, 2.24) is 0 Å². The molecule has 4 nitrogen and oxygen atoms in total. The molecule has 2 unspecified atom stereocenters. The molecule has 1 aliphatic carbocycles. The fourth-order valence-electron chi connectivity index (χ4n) is 3.09. The van der Waals surface area contributed by atoms with E-state index in [2.05, 4.69) is 0 Å². The number of hydrogen-bond acceptors (Lipinski definition) is 4. The standard InChI is InChI=1S/C17H23O4PS/c18-16(19)17(20,11-14-7-3-1-4-8-14)12-22(21)13-23-15-9-5-2-6-10-15/h2,5-6,9-10,14,20H,1,3-4,7-8,11-13H2/p+1. The molecule has 0 saturated heterocycles. The third kappa shape index (κ3) is 5.91. The van der Waals surface area contributed by atoms with Crippen molar-refractivity contribution in [2.24, 2.45) is 5.92 Å². The van der Waals surface area contributed by atoms with Crippen molar-refractivity contribution in [2.45, 2.75) is 49.0 Å². The molecule has 1 fully saturated rings. The Bertz CT molecular complexity index is 531. The number of benzene rings is 1. The number of carbonyl (C=O) groups is 1. The van der Waals surface area contributed by atoms with Gasteiger partial charge in [0, 0.05) is 4.90 Å². The van der Waals surface area contributed by atoms with Gasteiger partial charge in [-0.25, -0.2) is 4.79 Å². The Kier molecular flexibility index (Phi) is 7.07. The summed E-state index contributed by atoms with van der Waals surface area (Å²) in [7, 11) is -1.77. The minimum absolute atomic E-state index is 0.159. The van der Waals surface area contributed by atoms with Gasteiger partial charge in [0.2, 0.25) is 5.60 Å². The molecule has 1 aliphatic rings. The van der Waals surface area contributed by atoms with E-state index in [1.807, 2.05) is 30.3 Å². The van der Waals surface area contributed by atoms with Gasteiger partial charge in [0.1, 0.15) is 0 Å². The summed E-state index contributed by atoms with van der Waals surface area (Å²) in [5, 5.41) is 19.9. The highest BCUT2D eigenvalue weighted by atomic mass is 32.2. The highest BCUT2D eigenvalue weighted by Gasteiger charge is 2.45. The Morgan fingerprint density at radius 3 is 2.48 bits per heavy atom. The lowest BCUT2D eigenvalue weighted by molar-refractivity contribution is -0.158. The van der Waals surface area contributed by atoms with E-state index in [1.54, 1.807) is 0 Å². The van der Waals surface area contributed by atoms with Crippen molar-refractivity contribution >= 4 is 25.5 Å². The second kappa shape index (κ2) is 8.81. The van der Waals surface area contributed by atoms with Crippen LogP contribution in [-0.2, 0) is 9.36 Å². The SMILES string of the molecule is O=C(O)C(O)(CC1CCCCC1)C[P+](=O)CSc1ccccc1. The van der Waals surface area contributed by atoms with E-state index >= 15 is 0 Å². The molecule has 2 rings (SSSR count). The lowest BCUT2D eigenvalue weighted by atomic mass is 9.81. The number of carboxylic acid groups (broad SMARTS) is 1. The van der Waals surface area contributed by atoms with Crippen molar-refractivity contribution < 1.29 is 19.6 Å². The number of carboxylic acids is 1. The first-order valence-electron chi connectivity index (χ1n) is 8.05. The van der Waals surface area contributed by atoms with Crippen LogP contribution in [0.15, 0.2) is 35.2 Å². The summed E-state index contributed by atoms with van der Waals surface area (Å²) < 4.78 is 12.3. The minimum atomic E-state index is -1.85. The summed E-state index contributed by atoms with van der Waals surface area (Å²) in [5.74, 6) is -1.01. The number of aliphatic hydroxyl groups is 1. The molecule has 2 atom stereocenters. The van der Waals surface area contributed by atoms with E-state index < -0.39 is 19.4 Å². The van der Waals surface area contributed by atoms with E-state index in [0.717, 1.165) is 30.6 Å². The van der Waals surface area contributed by atoms with Gasteiger partial charge in [-0.1, -0.05) is 66.6 Å². The summed E-state index contributed by atoms with van der Waals surface area (Å²) in [5.41, 5.74) is -1.52. The molecule has 1 aromatic rings. The van der Waals surface area contributed by atoms with Crippen LogP contribution in [0.4, 0.5) is 0 Å². The Labute approximate surface area is 142 Å². The highest BCUT2D eigenvalue weighted by Crippen LogP contribution is 2.38. The molecule has 126 valence electrons. The van der Waals surface area contributed by atoms with Gasteiger partial charge < -0.3 is 10.2 Å². The molecule has 0 bridgehead atoms. The molecule has 1 saturated carbocycles. The van der Waals surface area contributed by atoms with Gasteiger partial charge in [-0.05, 0) is 24.5 Å². The maximum absolute atomic E-state index is 12.3. The van der Waals surface area contributed by atoms with Crippen LogP contribution in [0, 0.1) is 5.92 Å². The zero-order chi connectivity index (χ0) is 16.7. The quantitative estimate of drug-likeness (QED) is 0.536. The van der Waals surface area contributed by atoms with Crippen LogP contribution in [-0.4, -0.2) is 33.4 Å². The first-order chi connectivity index (χ1) is 11.0. The van der Waals surface area contributed by atoms with E-state index in [4.69, 9.17) is 0 Å². The molecular weight excluding hydrogens is 331 g/mol. The molecule has 1 aromatic carbocycles. The monoisotopic (exact) mass is 355 g/mol.